The molecule has 3 amide bonds. The third-order valence-corrected chi connectivity index (χ3v) is 5.28. The lowest BCUT2D eigenvalue weighted by Gasteiger charge is -2.16. The molecular weight excluding hydrogens is 437 g/mol. The summed E-state index contributed by atoms with van der Waals surface area (Å²) in [6.45, 7) is 3.28. The summed E-state index contributed by atoms with van der Waals surface area (Å²) in [5.41, 5.74) is 2.86. The Morgan fingerprint density at radius 1 is 0.941 bits per heavy atom. The van der Waals surface area contributed by atoms with E-state index < -0.39 is 17.6 Å². The van der Waals surface area contributed by atoms with E-state index in [4.69, 9.17) is 4.74 Å². The molecule has 0 fully saturated rings. The van der Waals surface area contributed by atoms with E-state index in [0.29, 0.717) is 28.4 Å². The van der Waals surface area contributed by atoms with Crippen LogP contribution < -0.4 is 20.3 Å². The van der Waals surface area contributed by atoms with E-state index in [1.807, 2.05) is 13.0 Å². The molecule has 172 valence electrons. The van der Waals surface area contributed by atoms with Gasteiger partial charge in [-0.15, -0.1) is 0 Å². The third-order valence-electron chi connectivity index (χ3n) is 5.28. The molecule has 7 nitrogen and oxygen atoms in total. The number of carbonyl (C=O) groups is 3. The Hall–Kier alpha value is -4.46. The summed E-state index contributed by atoms with van der Waals surface area (Å²) in [7, 11) is 1.51. The molecule has 4 rings (SSSR count). The van der Waals surface area contributed by atoms with E-state index in [0.717, 1.165) is 10.5 Å². The summed E-state index contributed by atoms with van der Waals surface area (Å²) in [5.74, 6) is -1.32. The average Bonchev–Trinajstić information content (AvgIpc) is 3.04. The summed E-state index contributed by atoms with van der Waals surface area (Å²) < 4.78 is 19.0. The fourth-order valence-corrected chi connectivity index (χ4v) is 3.72. The third kappa shape index (κ3) is 4.38. The molecule has 0 bridgehead atoms. The Balaban J connectivity index is 1.79. The van der Waals surface area contributed by atoms with Crippen molar-refractivity contribution in [1.29, 1.82) is 0 Å². The number of aryl methyl sites for hydroxylation is 1. The fourth-order valence-electron chi connectivity index (χ4n) is 3.72. The maximum atomic E-state index is 13.6. The van der Waals surface area contributed by atoms with E-state index in [2.05, 4.69) is 10.6 Å². The number of halogens is 1. The number of anilines is 3. The fraction of sp³-hybridized carbons (Fsp3) is 0.115. The number of nitrogens with zero attached hydrogens (tertiary/aromatic N) is 1. The van der Waals surface area contributed by atoms with Crippen LogP contribution in [0, 0.1) is 12.7 Å². The second kappa shape index (κ2) is 9.19. The first kappa shape index (κ1) is 22.7. The number of benzene rings is 3. The number of nitrogens with one attached hydrogen (secondary N) is 2. The van der Waals surface area contributed by atoms with Crippen LogP contribution in [-0.4, -0.2) is 24.8 Å². The first-order valence-electron chi connectivity index (χ1n) is 10.5. The van der Waals surface area contributed by atoms with Crippen LogP contribution in [0.1, 0.15) is 18.1 Å². The molecule has 0 spiro atoms. The lowest BCUT2D eigenvalue weighted by Crippen LogP contribution is -2.32. The summed E-state index contributed by atoms with van der Waals surface area (Å²) in [6.07, 6.45) is 0. The molecule has 3 aromatic rings. The Morgan fingerprint density at radius 3 is 2.24 bits per heavy atom. The molecule has 1 heterocycles. The molecular formula is C26H22FN3O4. The van der Waals surface area contributed by atoms with E-state index >= 15 is 0 Å². The van der Waals surface area contributed by atoms with Crippen molar-refractivity contribution < 1.29 is 23.5 Å². The van der Waals surface area contributed by atoms with Crippen molar-refractivity contribution in [2.45, 2.75) is 13.8 Å². The van der Waals surface area contributed by atoms with Gasteiger partial charge in [0.2, 0.25) is 5.91 Å². The number of hydrogen-bond acceptors (Lipinski definition) is 5. The van der Waals surface area contributed by atoms with Crippen LogP contribution >= 0.6 is 0 Å². The minimum Gasteiger partial charge on any atom is -0.495 e. The number of hydrogen-bond donors (Lipinski definition) is 2. The van der Waals surface area contributed by atoms with Crippen LogP contribution in [0.25, 0.3) is 5.57 Å². The molecule has 2 N–H and O–H groups in total. The first-order chi connectivity index (χ1) is 16.3. The smallest absolute Gasteiger partial charge is 0.282 e. The minimum absolute atomic E-state index is 0.0476. The molecule has 1 aliphatic heterocycles. The van der Waals surface area contributed by atoms with E-state index in [1.165, 1.54) is 38.3 Å². The monoisotopic (exact) mass is 459 g/mol. The maximum absolute atomic E-state index is 13.6. The standard InChI is InChI=1S/C26H22FN3O4/c1-15-4-13-22(34-3)21(14-15)29-24-23(17-5-7-18(27)8-6-17)25(32)30(26(24)33)20-11-9-19(10-12-20)28-16(2)31/h4-14,29H,1-3H3,(H,28,31). The van der Waals surface area contributed by atoms with E-state index in [-0.39, 0.29) is 17.2 Å². The number of methoxy groups -OCH3 is 1. The van der Waals surface area contributed by atoms with Crippen LogP contribution in [0.3, 0.4) is 0 Å². The molecule has 8 heteroatoms. The van der Waals surface area contributed by atoms with Crippen LogP contribution in [-0.2, 0) is 14.4 Å². The summed E-state index contributed by atoms with van der Waals surface area (Å²) in [4.78, 5) is 39.4. The maximum Gasteiger partial charge on any atom is 0.282 e. The summed E-state index contributed by atoms with van der Waals surface area (Å²) in [6, 6.07) is 17.1. The van der Waals surface area contributed by atoms with Crippen molar-refractivity contribution in [1.82, 2.24) is 0 Å². The van der Waals surface area contributed by atoms with Crippen molar-refractivity contribution in [3.63, 3.8) is 0 Å². The highest BCUT2D eigenvalue weighted by atomic mass is 19.1. The highest BCUT2D eigenvalue weighted by Gasteiger charge is 2.40. The normalized spacial score (nSPS) is 13.4. The molecule has 0 saturated carbocycles. The molecule has 0 saturated heterocycles. The number of ether oxygens (including phenoxy) is 1. The van der Waals surface area contributed by atoms with Gasteiger partial charge in [-0.2, -0.15) is 0 Å². The highest BCUT2D eigenvalue weighted by molar-refractivity contribution is 6.46. The molecule has 0 radical (unpaired) electrons. The Kier molecular flexibility index (Phi) is 6.14. The lowest BCUT2D eigenvalue weighted by atomic mass is 10.0. The van der Waals surface area contributed by atoms with Gasteiger partial charge in [0.05, 0.1) is 24.1 Å². The van der Waals surface area contributed by atoms with Crippen molar-refractivity contribution in [2.24, 2.45) is 0 Å². The van der Waals surface area contributed by atoms with Crippen molar-refractivity contribution in [3.05, 3.63) is 89.4 Å². The van der Waals surface area contributed by atoms with Gasteiger partial charge in [0.15, 0.2) is 0 Å². The quantitative estimate of drug-likeness (QED) is 0.530. The van der Waals surface area contributed by atoms with Gasteiger partial charge in [-0.1, -0.05) is 18.2 Å². The topological polar surface area (TPSA) is 87.7 Å². The van der Waals surface area contributed by atoms with Crippen LogP contribution in [0.4, 0.5) is 21.5 Å². The van der Waals surface area contributed by atoms with Crippen LogP contribution in [0.2, 0.25) is 0 Å². The number of imide groups is 1. The van der Waals surface area contributed by atoms with Crippen LogP contribution in [0.15, 0.2) is 72.4 Å². The molecule has 3 aromatic carbocycles. The average molecular weight is 459 g/mol. The second-order valence-electron chi connectivity index (χ2n) is 7.76. The van der Waals surface area contributed by atoms with Gasteiger partial charge >= 0.3 is 0 Å². The van der Waals surface area contributed by atoms with Crippen molar-refractivity contribution in [3.8, 4) is 5.75 Å². The van der Waals surface area contributed by atoms with Gasteiger partial charge in [0, 0.05) is 12.6 Å². The van der Waals surface area contributed by atoms with Gasteiger partial charge in [-0.3, -0.25) is 14.4 Å². The molecule has 0 unspecified atom stereocenters. The van der Waals surface area contributed by atoms with E-state index in [9.17, 15) is 18.8 Å². The Morgan fingerprint density at radius 2 is 1.62 bits per heavy atom. The van der Waals surface area contributed by atoms with Gasteiger partial charge in [0.1, 0.15) is 17.3 Å². The molecule has 34 heavy (non-hydrogen) atoms. The zero-order valence-corrected chi connectivity index (χ0v) is 18.8. The Labute approximate surface area is 195 Å². The predicted molar refractivity (Wildman–Crippen MR) is 128 cm³/mol. The van der Waals surface area contributed by atoms with Gasteiger partial charge in [-0.25, -0.2) is 9.29 Å². The molecule has 0 aliphatic carbocycles. The SMILES string of the molecule is COc1ccc(C)cc1NC1=C(c2ccc(F)cc2)C(=O)N(c2ccc(NC(C)=O)cc2)C1=O. The molecule has 0 atom stereocenters. The zero-order chi connectivity index (χ0) is 24.4. The van der Waals surface area contributed by atoms with Gasteiger partial charge in [0.25, 0.3) is 11.8 Å². The minimum atomic E-state index is -0.569. The Bertz CT molecular complexity index is 1310. The molecule has 0 aromatic heterocycles. The largest absolute Gasteiger partial charge is 0.495 e. The zero-order valence-electron chi connectivity index (χ0n) is 18.8. The van der Waals surface area contributed by atoms with Gasteiger partial charge in [-0.05, 0) is 66.6 Å². The van der Waals surface area contributed by atoms with Crippen molar-refractivity contribution in [2.75, 3.05) is 22.6 Å². The molecule has 1 aliphatic rings. The summed E-state index contributed by atoms with van der Waals surface area (Å²) >= 11 is 0. The van der Waals surface area contributed by atoms with Crippen LogP contribution in [0.5, 0.6) is 5.75 Å². The number of amides is 3. The van der Waals surface area contributed by atoms with Crippen molar-refractivity contribution >= 4 is 40.4 Å². The lowest BCUT2D eigenvalue weighted by molar-refractivity contribution is -0.120. The van der Waals surface area contributed by atoms with Gasteiger partial charge < -0.3 is 15.4 Å². The first-order valence-corrected chi connectivity index (χ1v) is 10.5. The second-order valence-corrected chi connectivity index (χ2v) is 7.76. The summed E-state index contributed by atoms with van der Waals surface area (Å²) in [5, 5.41) is 5.72. The predicted octanol–water partition coefficient (Wildman–Crippen LogP) is 4.50. The number of rotatable bonds is 6. The van der Waals surface area contributed by atoms with E-state index in [1.54, 1.807) is 36.4 Å². The number of carbonyl (C=O) groups excluding carboxylic acids is 3. The highest BCUT2D eigenvalue weighted by Crippen LogP contribution is 2.36.